The van der Waals surface area contributed by atoms with Crippen molar-refractivity contribution in [2.75, 3.05) is 13.2 Å². The van der Waals surface area contributed by atoms with Crippen LogP contribution >= 0.6 is 11.6 Å². The highest BCUT2D eigenvalue weighted by molar-refractivity contribution is 6.31. The third-order valence-electron chi connectivity index (χ3n) is 4.94. The summed E-state index contributed by atoms with van der Waals surface area (Å²) in [7, 11) is 0. The van der Waals surface area contributed by atoms with E-state index in [9.17, 15) is 4.79 Å². The summed E-state index contributed by atoms with van der Waals surface area (Å²) in [6.45, 7) is 5.01. The minimum absolute atomic E-state index is 0.0421. The first kappa shape index (κ1) is 18.6. The van der Waals surface area contributed by atoms with Gasteiger partial charge in [-0.15, -0.1) is 0 Å². The largest absolute Gasteiger partial charge is 0.490 e. The summed E-state index contributed by atoms with van der Waals surface area (Å²) >= 11 is 6.13. The molecule has 0 unspecified atom stereocenters. The van der Waals surface area contributed by atoms with Gasteiger partial charge in [-0.1, -0.05) is 17.7 Å². The summed E-state index contributed by atoms with van der Waals surface area (Å²) in [6.07, 6.45) is 3.45. The number of rotatable bonds is 5. The normalized spacial score (nSPS) is 15.1. The molecule has 0 amide bonds. The monoisotopic (exact) mass is 395 g/mol. The van der Waals surface area contributed by atoms with E-state index in [0.717, 1.165) is 39.8 Å². The van der Waals surface area contributed by atoms with Crippen molar-refractivity contribution in [1.29, 1.82) is 0 Å². The topological polar surface area (TPSA) is 51.3 Å². The average Bonchev–Trinajstić information content (AvgIpc) is 3.05. The van der Waals surface area contributed by atoms with Crippen LogP contribution in [0.2, 0.25) is 5.02 Å². The minimum atomic E-state index is 0.0421. The minimum Gasteiger partial charge on any atom is -0.490 e. The second kappa shape index (κ2) is 7.72. The van der Waals surface area contributed by atoms with Gasteiger partial charge in [0, 0.05) is 21.5 Å². The van der Waals surface area contributed by atoms with Gasteiger partial charge in [0.2, 0.25) is 5.78 Å². The number of allylic oxidation sites excluding steroid dienone is 1. The quantitative estimate of drug-likeness (QED) is 0.553. The number of nitrogens with one attached hydrogen (secondary N) is 1. The molecule has 1 aliphatic carbocycles. The van der Waals surface area contributed by atoms with Crippen molar-refractivity contribution < 1.29 is 14.3 Å². The smallest absolute Gasteiger partial charge is 0.205 e. The number of carbonyl (C=O) groups excluding carboxylic acids is 1. The van der Waals surface area contributed by atoms with Crippen LogP contribution in [0.5, 0.6) is 11.5 Å². The Morgan fingerprint density at radius 1 is 1.04 bits per heavy atom. The number of aryl methyl sites for hydroxylation is 1. The van der Waals surface area contributed by atoms with E-state index in [0.29, 0.717) is 36.1 Å². The molecular formula is C23H22ClNO3. The predicted molar refractivity (Wildman–Crippen MR) is 113 cm³/mol. The van der Waals surface area contributed by atoms with Crippen LogP contribution in [0.25, 0.3) is 17.0 Å². The zero-order chi connectivity index (χ0) is 19.7. The zero-order valence-electron chi connectivity index (χ0n) is 16.0. The molecule has 1 aliphatic rings. The predicted octanol–water partition coefficient (Wildman–Crippen LogP) is 5.83. The van der Waals surface area contributed by atoms with Gasteiger partial charge in [-0.2, -0.15) is 0 Å². The summed E-state index contributed by atoms with van der Waals surface area (Å²) < 4.78 is 11.3. The molecule has 3 aromatic rings. The van der Waals surface area contributed by atoms with Gasteiger partial charge in [-0.25, -0.2) is 0 Å². The van der Waals surface area contributed by atoms with Gasteiger partial charge in [0.25, 0.3) is 0 Å². The van der Waals surface area contributed by atoms with Gasteiger partial charge in [-0.05, 0) is 74.2 Å². The van der Waals surface area contributed by atoms with Gasteiger partial charge in [0.15, 0.2) is 11.5 Å². The number of ether oxygens (including phenoxy) is 2. The fourth-order valence-electron chi connectivity index (χ4n) is 3.70. The van der Waals surface area contributed by atoms with Crippen LogP contribution in [0, 0.1) is 0 Å². The molecular weight excluding hydrogens is 374 g/mol. The number of benzene rings is 2. The van der Waals surface area contributed by atoms with E-state index < -0.39 is 0 Å². The lowest BCUT2D eigenvalue weighted by molar-refractivity contribution is 0.102. The van der Waals surface area contributed by atoms with E-state index in [1.807, 2.05) is 56.3 Å². The lowest BCUT2D eigenvalue weighted by Crippen LogP contribution is -2.13. The Labute approximate surface area is 169 Å². The summed E-state index contributed by atoms with van der Waals surface area (Å²) in [5.41, 5.74) is 4.39. The average molecular weight is 396 g/mol. The van der Waals surface area contributed by atoms with E-state index in [2.05, 4.69) is 4.98 Å². The van der Waals surface area contributed by atoms with Crippen molar-refractivity contribution in [3.63, 3.8) is 0 Å². The van der Waals surface area contributed by atoms with Crippen LogP contribution in [0.4, 0.5) is 0 Å². The van der Waals surface area contributed by atoms with Gasteiger partial charge in [0.1, 0.15) is 0 Å². The molecule has 4 nitrogen and oxygen atoms in total. The molecule has 5 heteroatoms. The Morgan fingerprint density at radius 3 is 2.61 bits per heavy atom. The van der Waals surface area contributed by atoms with Crippen molar-refractivity contribution >= 4 is 34.4 Å². The molecule has 4 rings (SSSR count). The number of fused-ring (bicyclic) bond motifs is 3. The highest BCUT2D eigenvalue weighted by atomic mass is 35.5. The lowest BCUT2D eigenvalue weighted by atomic mass is 9.89. The number of hydrogen-bond donors (Lipinski definition) is 1. The summed E-state index contributed by atoms with van der Waals surface area (Å²) in [5.74, 6) is 1.46. The molecule has 0 bridgehead atoms. The number of aromatic amines is 1. The number of Topliss-reactive ketones (excluding diaryl/α,β-unsaturated/α-hetero) is 1. The Bertz CT molecular complexity index is 1080. The Balaban J connectivity index is 1.69. The first-order valence-corrected chi connectivity index (χ1v) is 9.93. The van der Waals surface area contributed by atoms with Crippen LogP contribution < -0.4 is 9.47 Å². The van der Waals surface area contributed by atoms with Crippen LogP contribution in [0.1, 0.15) is 41.9 Å². The van der Waals surface area contributed by atoms with Crippen molar-refractivity contribution in [1.82, 2.24) is 4.98 Å². The number of carbonyl (C=O) groups is 1. The van der Waals surface area contributed by atoms with Crippen molar-refractivity contribution in [2.45, 2.75) is 26.7 Å². The van der Waals surface area contributed by atoms with Crippen LogP contribution in [-0.2, 0) is 6.42 Å². The second-order valence-electron chi connectivity index (χ2n) is 6.74. The molecule has 0 spiro atoms. The Hall–Kier alpha value is -2.72. The van der Waals surface area contributed by atoms with Crippen molar-refractivity contribution in [3.8, 4) is 11.5 Å². The highest BCUT2D eigenvalue weighted by Crippen LogP contribution is 2.34. The van der Waals surface area contributed by atoms with E-state index in [-0.39, 0.29) is 5.78 Å². The second-order valence-corrected chi connectivity index (χ2v) is 7.18. The van der Waals surface area contributed by atoms with E-state index in [1.165, 1.54) is 0 Å². The molecule has 1 N–H and O–H groups in total. The fraction of sp³-hybridized carbons (Fsp3) is 0.261. The SMILES string of the molecule is CCOc1ccc(/C=C2\CCc3c([nH]c4ccc(Cl)cc34)C2=O)cc1OCC. The third-order valence-corrected chi connectivity index (χ3v) is 5.17. The molecule has 28 heavy (non-hydrogen) atoms. The third kappa shape index (κ3) is 3.40. The molecule has 0 radical (unpaired) electrons. The van der Waals surface area contributed by atoms with Crippen molar-refractivity contribution in [3.05, 3.63) is 63.8 Å². The molecule has 0 saturated carbocycles. The number of aromatic nitrogens is 1. The molecule has 144 valence electrons. The van der Waals surface area contributed by atoms with E-state index in [4.69, 9.17) is 21.1 Å². The number of ketones is 1. The maximum absolute atomic E-state index is 13.1. The van der Waals surface area contributed by atoms with Crippen LogP contribution in [0.15, 0.2) is 42.0 Å². The zero-order valence-corrected chi connectivity index (χ0v) is 16.7. The van der Waals surface area contributed by atoms with Gasteiger partial charge >= 0.3 is 0 Å². The first-order valence-electron chi connectivity index (χ1n) is 9.55. The molecule has 0 saturated heterocycles. The van der Waals surface area contributed by atoms with Crippen LogP contribution in [-0.4, -0.2) is 24.0 Å². The first-order chi connectivity index (χ1) is 13.6. The fourth-order valence-corrected chi connectivity index (χ4v) is 3.88. The Morgan fingerprint density at radius 2 is 1.82 bits per heavy atom. The maximum atomic E-state index is 13.1. The van der Waals surface area contributed by atoms with E-state index in [1.54, 1.807) is 0 Å². The highest BCUT2D eigenvalue weighted by Gasteiger charge is 2.26. The van der Waals surface area contributed by atoms with Crippen molar-refractivity contribution in [2.24, 2.45) is 0 Å². The number of H-pyrrole nitrogens is 1. The summed E-state index contributed by atoms with van der Waals surface area (Å²) in [5, 5.41) is 1.72. The van der Waals surface area contributed by atoms with Crippen LogP contribution in [0.3, 0.4) is 0 Å². The molecule has 1 aromatic heterocycles. The molecule has 0 aliphatic heterocycles. The maximum Gasteiger partial charge on any atom is 0.205 e. The van der Waals surface area contributed by atoms with Gasteiger partial charge in [0.05, 0.1) is 18.9 Å². The lowest BCUT2D eigenvalue weighted by Gasteiger charge is -2.15. The molecule has 0 atom stereocenters. The van der Waals surface area contributed by atoms with Gasteiger partial charge < -0.3 is 14.5 Å². The number of halogens is 1. The van der Waals surface area contributed by atoms with E-state index >= 15 is 0 Å². The Kier molecular flexibility index (Phi) is 5.14. The standard InChI is InChI=1S/C23H22ClNO3/c1-3-27-20-10-5-14(12-21(20)28-4-2)11-15-6-8-17-18-13-16(24)7-9-19(18)25-22(17)23(15)26/h5,7,9-13,25H,3-4,6,8H2,1-2H3/b15-11+. The summed E-state index contributed by atoms with van der Waals surface area (Å²) in [4.78, 5) is 16.3. The molecule has 1 heterocycles. The molecule has 2 aromatic carbocycles. The van der Waals surface area contributed by atoms with Gasteiger partial charge in [-0.3, -0.25) is 4.79 Å². The number of hydrogen-bond acceptors (Lipinski definition) is 3. The summed E-state index contributed by atoms with van der Waals surface area (Å²) in [6, 6.07) is 11.5. The molecule has 0 fully saturated rings.